The summed E-state index contributed by atoms with van der Waals surface area (Å²) in [5.74, 6) is 3.23. The Morgan fingerprint density at radius 2 is 2.00 bits per heavy atom. The molecule has 2 heterocycles. The third-order valence-corrected chi connectivity index (χ3v) is 6.76. The van der Waals surface area contributed by atoms with E-state index in [4.69, 9.17) is 32.7 Å². The molecule has 0 radical (unpaired) electrons. The maximum atomic E-state index is 11.2. The molecule has 2 aromatic carbocycles. The van der Waals surface area contributed by atoms with Crippen LogP contribution in [0.25, 0.3) is 22.0 Å². The van der Waals surface area contributed by atoms with Gasteiger partial charge in [-0.05, 0) is 30.2 Å². The largest absolute Gasteiger partial charge is 0.495 e. The van der Waals surface area contributed by atoms with Gasteiger partial charge in [-0.1, -0.05) is 35.8 Å². The lowest BCUT2D eigenvalue weighted by molar-refractivity contribution is 0.190. The van der Waals surface area contributed by atoms with Gasteiger partial charge in [-0.15, -0.1) is 0 Å². The highest BCUT2D eigenvalue weighted by Crippen LogP contribution is 2.46. The second-order valence-electron chi connectivity index (χ2n) is 8.01. The Bertz CT molecular complexity index is 1300. The average Bonchev–Trinajstić information content (AvgIpc) is 3.27. The second kappa shape index (κ2) is 10.5. The van der Waals surface area contributed by atoms with Gasteiger partial charge in [-0.25, -0.2) is 14.8 Å². The van der Waals surface area contributed by atoms with Crippen LogP contribution in [0, 0.1) is 0 Å². The lowest BCUT2D eigenvalue weighted by Gasteiger charge is -2.23. The predicted molar refractivity (Wildman–Crippen MR) is 137 cm³/mol. The van der Waals surface area contributed by atoms with Crippen molar-refractivity contribution in [3.05, 3.63) is 58.9 Å². The number of hydrogen-bond acceptors (Lipinski definition) is 8. The summed E-state index contributed by atoms with van der Waals surface area (Å²) in [5.41, 5.74) is 2.41. The quantitative estimate of drug-likeness (QED) is 0.337. The molecule has 1 aliphatic rings. The van der Waals surface area contributed by atoms with Crippen LogP contribution in [0.3, 0.4) is 0 Å². The molecule has 0 amide bonds. The number of hydrogen-bond donors (Lipinski definition) is 2. The molecule has 0 saturated carbocycles. The van der Waals surface area contributed by atoms with E-state index in [1.54, 1.807) is 17.2 Å². The third-order valence-electron chi connectivity index (χ3n) is 6.01. The minimum absolute atomic E-state index is 0.0611. The Morgan fingerprint density at radius 1 is 1.29 bits per heavy atom. The van der Waals surface area contributed by atoms with E-state index >= 15 is 0 Å². The number of ether oxygens (including phenoxy) is 2. The first kappa shape index (κ1) is 24.8. The van der Waals surface area contributed by atoms with Crippen molar-refractivity contribution in [3.63, 3.8) is 0 Å². The number of aliphatic hydroxyl groups is 1. The van der Waals surface area contributed by atoms with Gasteiger partial charge < -0.3 is 24.8 Å². The molecule has 0 spiro atoms. The fraction of sp³-hybridized carbons (Fsp3) is 0.280. The molecule has 8 nitrogen and oxygen atoms in total. The van der Waals surface area contributed by atoms with Crippen LogP contribution in [0.2, 0.25) is 10.0 Å². The van der Waals surface area contributed by atoms with E-state index in [1.807, 2.05) is 24.1 Å². The zero-order valence-electron chi connectivity index (χ0n) is 19.2. The molecule has 2 atom stereocenters. The summed E-state index contributed by atoms with van der Waals surface area (Å²) in [7, 11) is 3.06. The second-order valence-corrected chi connectivity index (χ2v) is 8.76. The number of likely N-dealkylation sites (tertiary alicyclic amines) is 1. The number of aliphatic hydroxyl groups excluding tert-OH is 1. The molecule has 1 aliphatic heterocycles. The van der Waals surface area contributed by atoms with Gasteiger partial charge in [0.2, 0.25) is 5.95 Å². The number of aromatic nitrogens is 2. The molecular weight excluding hydrogens is 491 g/mol. The molecule has 4 rings (SSSR count). The highest BCUT2D eigenvalue weighted by molar-refractivity contribution is 6.41. The topological polar surface area (TPSA) is 96.8 Å². The molecule has 10 heteroatoms. The minimum Gasteiger partial charge on any atom is -0.495 e. The first-order valence-electron chi connectivity index (χ1n) is 10.8. The molecule has 2 N–H and O–H groups in total. The molecule has 3 aromatic rings. The van der Waals surface area contributed by atoms with Crippen LogP contribution < -0.4 is 14.8 Å². The zero-order valence-corrected chi connectivity index (χ0v) is 20.7. The summed E-state index contributed by atoms with van der Waals surface area (Å²) in [5, 5.41) is 14.6. The van der Waals surface area contributed by atoms with Crippen LogP contribution in [-0.2, 0) is 4.79 Å². The number of nitrogens with zero attached hydrogens (tertiary/aromatic N) is 3. The van der Waals surface area contributed by atoms with Gasteiger partial charge >= 0.3 is 0 Å². The summed E-state index contributed by atoms with van der Waals surface area (Å²) >= 11 is 13.1. The van der Waals surface area contributed by atoms with Crippen molar-refractivity contribution in [1.82, 2.24) is 14.9 Å². The van der Waals surface area contributed by atoms with Crippen molar-refractivity contribution in [1.29, 1.82) is 0 Å². The molecule has 182 valence electrons. The predicted octanol–water partition coefficient (Wildman–Crippen LogP) is 4.37. The van der Waals surface area contributed by atoms with Crippen molar-refractivity contribution >= 4 is 46.0 Å². The number of nitrogens with one attached hydrogen (secondary N) is 1. The van der Waals surface area contributed by atoms with Gasteiger partial charge in [0, 0.05) is 35.8 Å². The van der Waals surface area contributed by atoms with Crippen LogP contribution in [0.5, 0.6) is 11.5 Å². The molecule has 0 unspecified atom stereocenters. The maximum Gasteiger partial charge on any atom is 0.223 e. The van der Waals surface area contributed by atoms with E-state index in [0.717, 1.165) is 16.5 Å². The van der Waals surface area contributed by atoms with Crippen molar-refractivity contribution < 1.29 is 19.4 Å². The van der Waals surface area contributed by atoms with Gasteiger partial charge in [0.15, 0.2) is 0 Å². The number of halogens is 2. The van der Waals surface area contributed by atoms with Gasteiger partial charge in [0.05, 0.1) is 42.4 Å². The monoisotopic (exact) mass is 514 g/mol. The molecule has 1 aromatic heterocycles. The van der Waals surface area contributed by atoms with Gasteiger partial charge in [-0.3, -0.25) is 0 Å². The molecular formula is C25H24Cl2N4O4. The SMILES string of the molecule is C=CC(=C=O)N1C[C@@H](Nc2ncc3cc(-c4c(Cl)c(OC)cc(OC)c4Cl)ccc3n2)C[C@H]1CO. The number of anilines is 1. The summed E-state index contributed by atoms with van der Waals surface area (Å²) in [6.45, 7) is 4.06. The Balaban J connectivity index is 1.62. The fourth-order valence-electron chi connectivity index (χ4n) is 4.29. The highest BCUT2D eigenvalue weighted by Gasteiger charge is 2.33. The minimum atomic E-state index is -0.209. The number of fused-ring (bicyclic) bond motifs is 1. The van der Waals surface area contributed by atoms with Crippen LogP contribution in [-0.4, -0.2) is 65.4 Å². The number of benzene rings is 2. The van der Waals surface area contributed by atoms with E-state index in [9.17, 15) is 9.90 Å². The summed E-state index contributed by atoms with van der Waals surface area (Å²) < 4.78 is 10.7. The van der Waals surface area contributed by atoms with E-state index < -0.39 is 0 Å². The molecule has 0 aliphatic carbocycles. The van der Waals surface area contributed by atoms with E-state index in [2.05, 4.69) is 21.9 Å². The van der Waals surface area contributed by atoms with Crippen LogP contribution >= 0.6 is 23.2 Å². The summed E-state index contributed by atoms with van der Waals surface area (Å²) in [6, 6.07) is 7.00. The number of allylic oxidation sites excluding steroid dienone is 1. The number of rotatable bonds is 8. The normalized spacial score (nSPS) is 17.2. The van der Waals surface area contributed by atoms with Crippen molar-refractivity contribution in [2.45, 2.75) is 18.5 Å². The maximum absolute atomic E-state index is 11.2. The van der Waals surface area contributed by atoms with Crippen molar-refractivity contribution in [2.24, 2.45) is 0 Å². The van der Waals surface area contributed by atoms with E-state index in [1.165, 1.54) is 20.3 Å². The van der Waals surface area contributed by atoms with Gasteiger partial charge in [-0.2, -0.15) is 0 Å². The van der Waals surface area contributed by atoms with Crippen molar-refractivity contribution in [2.75, 3.05) is 32.7 Å². The number of carbonyl (C=O) groups excluding carboxylic acids is 1. The van der Waals surface area contributed by atoms with Crippen LogP contribution in [0.1, 0.15) is 6.42 Å². The van der Waals surface area contributed by atoms with Crippen molar-refractivity contribution in [3.8, 4) is 22.6 Å². The summed E-state index contributed by atoms with van der Waals surface area (Å²) in [4.78, 5) is 22.1. The molecule has 1 fully saturated rings. The molecule has 35 heavy (non-hydrogen) atoms. The van der Waals surface area contributed by atoms with Gasteiger partial charge in [0.1, 0.15) is 23.1 Å². The lowest BCUT2D eigenvalue weighted by Crippen LogP contribution is -2.31. The first-order chi connectivity index (χ1) is 16.9. The smallest absolute Gasteiger partial charge is 0.223 e. The fourth-order valence-corrected chi connectivity index (χ4v) is 5.01. The average molecular weight is 515 g/mol. The number of methoxy groups -OCH3 is 2. The lowest BCUT2D eigenvalue weighted by atomic mass is 10.0. The standard InChI is InChI=1S/C25H24Cl2N4O4/c1-4-17(12-32)31-11-16(8-18(31)13-33)29-25-28-10-15-7-14(5-6-19(15)30-25)22-23(26)20(34-2)9-21(35-3)24(22)27/h4-7,9-10,16,18,33H,1,8,11,13H2,2-3H3,(H,28,29,30)/t16-,18-/m0/s1. The Labute approximate surface area is 212 Å². The zero-order chi connectivity index (χ0) is 25.1. The Hall–Kier alpha value is -3.29. The molecule has 1 saturated heterocycles. The Kier molecular flexibility index (Phi) is 7.48. The van der Waals surface area contributed by atoms with Crippen LogP contribution in [0.15, 0.2) is 48.8 Å². The Morgan fingerprint density at radius 3 is 2.60 bits per heavy atom. The van der Waals surface area contributed by atoms with E-state index in [0.29, 0.717) is 51.7 Å². The van der Waals surface area contributed by atoms with Gasteiger partial charge in [0.25, 0.3) is 0 Å². The van der Waals surface area contributed by atoms with Crippen LogP contribution in [0.4, 0.5) is 5.95 Å². The third kappa shape index (κ3) is 4.79. The summed E-state index contributed by atoms with van der Waals surface area (Å²) in [6.07, 6.45) is 3.77. The van der Waals surface area contributed by atoms with E-state index in [-0.39, 0.29) is 18.7 Å². The highest BCUT2D eigenvalue weighted by atomic mass is 35.5. The molecule has 0 bridgehead atoms. The first-order valence-corrected chi connectivity index (χ1v) is 11.6.